The van der Waals surface area contributed by atoms with Gasteiger partial charge in [0.15, 0.2) is 0 Å². The molecule has 8 unspecified atom stereocenters. The summed E-state index contributed by atoms with van der Waals surface area (Å²) in [6, 6.07) is -0.272. The molecule has 5 N–H and O–H groups in total. The minimum absolute atomic E-state index is 0.000761. The van der Waals surface area contributed by atoms with Crippen LogP contribution in [-0.4, -0.2) is 117 Å². The van der Waals surface area contributed by atoms with Crippen LogP contribution in [0.25, 0.3) is 0 Å². The Bertz CT molecular complexity index is 1200. The molecule has 0 radical (unpaired) electrons. The summed E-state index contributed by atoms with van der Waals surface area (Å²) in [7, 11) is 0.0257. The molecule has 16 nitrogen and oxygen atoms in total. The summed E-state index contributed by atoms with van der Waals surface area (Å²) in [6.45, 7) is 1.25. The highest BCUT2D eigenvalue weighted by Crippen LogP contribution is 2.35. The second-order valence-electron chi connectivity index (χ2n) is 12.3. The van der Waals surface area contributed by atoms with Crippen molar-refractivity contribution >= 4 is 49.8 Å². The summed E-state index contributed by atoms with van der Waals surface area (Å²) in [6.07, 6.45) is 7.74. The fraction of sp³-hybridized carbons (Fsp3) is 0.767. The number of methoxy groups -OCH3 is 1. The van der Waals surface area contributed by atoms with Crippen LogP contribution in [0.4, 0.5) is 9.59 Å². The molecule has 4 heterocycles. The van der Waals surface area contributed by atoms with Gasteiger partial charge in [0.25, 0.3) is 0 Å². The van der Waals surface area contributed by atoms with Crippen LogP contribution in [0.15, 0.2) is 12.2 Å². The van der Waals surface area contributed by atoms with Crippen molar-refractivity contribution in [2.24, 2.45) is 5.92 Å². The Morgan fingerprint density at radius 1 is 1.06 bits per heavy atom. The van der Waals surface area contributed by atoms with Gasteiger partial charge in [-0.15, -0.1) is 0 Å². The lowest BCUT2D eigenvalue weighted by Gasteiger charge is -2.34. The van der Waals surface area contributed by atoms with Gasteiger partial charge in [0, 0.05) is 57.7 Å². The molecule has 0 aliphatic carbocycles. The average molecular weight is 717 g/mol. The van der Waals surface area contributed by atoms with Crippen molar-refractivity contribution in [2.75, 3.05) is 46.2 Å². The van der Waals surface area contributed by atoms with Crippen molar-refractivity contribution in [3.05, 3.63) is 12.2 Å². The van der Waals surface area contributed by atoms with Crippen LogP contribution < -0.4 is 26.6 Å². The van der Waals surface area contributed by atoms with Gasteiger partial charge in [-0.25, -0.2) is 9.59 Å². The van der Waals surface area contributed by atoms with Gasteiger partial charge >= 0.3 is 20.3 Å². The number of fused-ring (bicyclic) bond motifs is 1. The molecule has 4 aliphatic rings. The van der Waals surface area contributed by atoms with Gasteiger partial charge < -0.3 is 39.8 Å². The van der Waals surface area contributed by atoms with Gasteiger partial charge in [-0.2, -0.15) is 11.8 Å². The smallest absolute Gasteiger partial charge is 0.326 e. The molecule has 8 atom stereocenters. The van der Waals surface area contributed by atoms with Crippen molar-refractivity contribution in [3.63, 3.8) is 0 Å². The van der Waals surface area contributed by atoms with Gasteiger partial charge in [-0.1, -0.05) is 25.3 Å². The standard InChI is InChI=1S/C30H49N6O10PS/c1-43-17-22-21(46-47(42)44-2)15-26(45-22)36-16-19(28(39)35-30(36)41)11-12-25(38)32-14-8-4-3-7-13-31-24(37)10-6-5-9-23-27-20(18-48-23)33-29(40)34-27/h11-12,19-23,26-27,47H,3-10,13-18H2,1-2H3,(H,31,37)(H,32,38)(H2,33,34,40)(H,35,39,41)/b12-11+. The lowest BCUT2D eigenvalue weighted by molar-refractivity contribution is -0.127. The number of urea groups is 2. The minimum Gasteiger partial charge on any atom is -0.382 e. The third-order valence-electron chi connectivity index (χ3n) is 8.78. The Balaban J connectivity index is 1.04. The van der Waals surface area contributed by atoms with E-state index in [1.807, 2.05) is 11.8 Å². The molecule has 4 fully saturated rings. The number of rotatable bonds is 20. The van der Waals surface area contributed by atoms with E-state index >= 15 is 0 Å². The second kappa shape index (κ2) is 19.5. The zero-order valence-electron chi connectivity index (χ0n) is 27.5. The number of thioether (sulfide) groups is 1. The van der Waals surface area contributed by atoms with Crippen LogP contribution in [0.5, 0.6) is 0 Å². The normalized spacial score (nSPS) is 29.0. The Labute approximate surface area is 285 Å². The Morgan fingerprint density at radius 3 is 2.58 bits per heavy atom. The fourth-order valence-electron chi connectivity index (χ4n) is 6.21. The van der Waals surface area contributed by atoms with Crippen LogP contribution in [0.2, 0.25) is 0 Å². The van der Waals surface area contributed by atoms with Gasteiger partial charge in [-0.05, 0) is 31.8 Å². The lowest BCUT2D eigenvalue weighted by Crippen LogP contribution is -2.57. The third kappa shape index (κ3) is 11.4. The van der Waals surface area contributed by atoms with Crippen molar-refractivity contribution in [2.45, 2.75) is 93.6 Å². The highest BCUT2D eigenvalue weighted by molar-refractivity contribution is 8.00. The molecule has 0 bridgehead atoms. The van der Waals surface area contributed by atoms with Gasteiger partial charge in [0.1, 0.15) is 12.3 Å². The summed E-state index contributed by atoms with van der Waals surface area (Å²) < 4.78 is 33.1. The monoisotopic (exact) mass is 716 g/mol. The molecular formula is C30H49N6O10PS. The summed E-state index contributed by atoms with van der Waals surface area (Å²) in [5.74, 6) is -0.623. The van der Waals surface area contributed by atoms with Crippen LogP contribution in [-0.2, 0) is 37.5 Å². The SMILES string of the molecule is COCC1OC(N2CC(/C=C/C(=O)NCCCCCCNC(=O)CCCCC3SCC4NC(=O)NC43)C(=O)NC2=O)CC1O[PH](=O)OC. The van der Waals surface area contributed by atoms with E-state index in [2.05, 4.69) is 26.6 Å². The van der Waals surface area contributed by atoms with Crippen molar-refractivity contribution in [1.82, 2.24) is 31.5 Å². The predicted molar refractivity (Wildman–Crippen MR) is 177 cm³/mol. The molecular weight excluding hydrogens is 667 g/mol. The zero-order chi connectivity index (χ0) is 34.5. The molecule has 4 rings (SSSR count). The quantitative estimate of drug-likeness (QED) is 0.0528. The maximum Gasteiger partial charge on any atom is 0.326 e. The van der Waals surface area contributed by atoms with Crippen LogP contribution in [0.3, 0.4) is 0 Å². The fourth-order valence-corrected chi connectivity index (χ4v) is 8.35. The summed E-state index contributed by atoms with van der Waals surface area (Å²) in [5, 5.41) is 14.4. The highest BCUT2D eigenvalue weighted by atomic mass is 32.2. The number of ether oxygens (including phenoxy) is 2. The molecule has 0 aromatic heterocycles. The van der Waals surface area contributed by atoms with Crippen molar-refractivity contribution < 1.29 is 47.1 Å². The van der Waals surface area contributed by atoms with Gasteiger partial charge in [-0.3, -0.25) is 29.2 Å². The van der Waals surface area contributed by atoms with Crippen molar-refractivity contribution in [3.8, 4) is 0 Å². The number of amides is 7. The number of nitrogens with one attached hydrogen (secondary N) is 5. The van der Waals surface area contributed by atoms with E-state index in [4.69, 9.17) is 18.5 Å². The first-order valence-corrected chi connectivity index (χ1v) is 18.9. The van der Waals surface area contributed by atoms with E-state index in [0.717, 1.165) is 50.7 Å². The zero-order valence-corrected chi connectivity index (χ0v) is 29.4. The number of carbonyl (C=O) groups excluding carboxylic acids is 5. The molecule has 48 heavy (non-hydrogen) atoms. The average Bonchev–Trinajstić information content (AvgIpc) is 3.74. The number of hydrogen-bond acceptors (Lipinski definition) is 11. The summed E-state index contributed by atoms with van der Waals surface area (Å²) in [5.41, 5.74) is 0. The van der Waals surface area contributed by atoms with E-state index in [9.17, 15) is 28.5 Å². The molecule has 18 heteroatoms. The largest absolute Gasteiger partial charge is 0.382 e. The first-order valence-electron chi connectivity index (χ1n) is 16.6. The van der Waals surface area contributed by atoms with Crippen LogP contribution in [0, 0.1) is 5.92 Å². The molecule has 0 aromatic rings. The van der Waals surface area contributed by atoms with E-state index in [-0.39, 0.29) is 49.5 Å². The lowest BCUT2D eigenvalue weighted by atomic mass is 10.0. The van der Waals surface area contributed by atoms with E-state index in [0.29, 0.717) is 24.8 Å². The van der Waals surface area contributed by atoms with Gasteiger partial charge in [0.2, 0.25) is 17.7 Å². The minimum atomic E-state index is -2.73. The maximum absolute atomic E-state index is 12.6. The first-order chi connectivity index (χ1) is 23.2. The molecule has 270 valence electrons. The number of nitrogens with zero attached hydrogens (tertiary/aromatic N) is 1. The van der Waals surface area contributed by atoms with Crippen LogP contribution >= 0.6 is 20.0 Å². The number of carbonyl (C=O) groups is 5. The molecule has 0 aromatic carbocycles. The molecule has 4 saturated heterocycles. The maximum atomic E-state index is 12.6. The summed E-state index contributed by atoms with van der Waals surface area (Å²) in [4.78, 5) is 62.4. The van der Waals surface area contributed by atoms with Crippen molar-refractivity contribution in [1.29, 1.82) is 0 Å². The number of hydrogen-bond donors (Lipinski definition) is 5. The summed E-state index contributed by atoms with van der Waals surface area (Å²) >= 11 is 1.89. The third-order valence-corrected chi connectivity index (χ3v) is 11.1. The van der Waals surface area contributed by atoms with E-state index < -0.39 is 44.5 Å². The second-order valence-corrected chi connectivity index (χ2v) is 14.7. The van der Waals surface area contributed by atoms with Crippen LogP contribution in [0.1, 0.15) is 57.8 Å². The first kappa shape index (κ1) is 38.1. The Hall–Kier alpha value is -2.69. The number of unbranched alkanes of at least 4 members (excludes halogenated alkanes) is 4. The molecule has 0 spiro atoms. The molecule has 4 aliphatic heterocycles. The predicted octanol–water partition coefficient (Wildman–Crippen LogP) is 1.41. The van der Waals surface area contributed by atoms with Gasteiger partial charge in [0.05, 0.1) is 30.7 Å². The topological polar surface area (TPSA) is 203 Å². The Morgan fingerprint density at radius 2 is 1.83 bits per heavy atom. The highest BCUT2D eigenvalue weighted by Gasteiger charge is 2.45. The van der Waals surface area contributed by atoms with E-state index in [1.165, 1.54) is 31.3 Å². The van der Waals surface area contributed by atoms with E-state index in [1.54, 1.807) is 0 Å². The molecule has 7 amide bonds. The number of imide groups is 1. The molecule has 0 saturated carbocycles. The Kier molecular flexibility index (Phi) is 15.5.